The minimum atomic E-state index is -0.0352. The molecule has 1 aromatic heterocycles. The van der Waals surface area contributed by atoms with Crippen molar-refractivity contribution in [2.75, 3.05) is 52.4 Å². The van der Waals surface area contributed by atoms with Gasteiger partial charge in [-0.05, 0) is 69.6 Å². The molecular formula is C25H35N5O3. The third-order valence-electron chi connectivity index (χ3n) is 6.51. The van der Waals surface area contributed by atoms with Crippen molar-refractivity contribution in [2.24, 2.45) is 7.05 Å². The number of benzene rings is 1. The summed E-state index contributed by atoms with van der Waals surface area (Å²) >= 11 is 0. The van der Waals surface area contributed by atoms with Gasteiger partial charge in [-0.3, -0.25) is 14.3 Å². The van der Waals surface area contributed by atoms with E-state index in [0.29, 0.717) is 44.0 Å². The molecule has 2 aromatic rings. The van der Waals surface area contributed by atoms with E-state index in [9.17, 15) is 9.59 Å². The van der Waals surface area contributed by atoms with Crippen molar-refractivity contribution < 1.29 is 14.3 Å². The normalized spacial score (nSPS) is 17.3. The Morgan fingerprint density at radius 2 is 1.55 bits per heavy atom. The van der Waals surface area contributed by atoms with E-state index in [4.69, 9.17) is 4.74 Å². The Morgan fingerprint density at radius 1 is 0.909 bits per heavy atom. The first-order valence-electron chi connectivity index (χ1n) is 12.1. The zero-order valence-corrected chi connectivity index (χ0v) is 19.8. The molecule has 4 rings (SSSR count). The van der Waals surface area contributed by atoms with Crippen LogP contribution in [0.15, 0.2) is 30.3 Å². The average Bonchev–Trinajstić information content (AvgIpc) is 3.20. The fourth-order valence-corrected chi connectivity index (χ4v) is 4.62. The third-order valence-corrected chi connectivity index (χ3v) is 6.51. The van der Waals surface area contributed by atoms with E-state index >= 15 is 0 Å². The largest absolute Gasteiger partial charge is 0.494 e. The quantitative estimate of drug-likeness (QED) is 0.603. The van der Waals surface area contributed by atoms with Crippen LogP contribution in [0.5, 0.6) is 5.75 Å². The van der Waals surface area contributed by atoms with Gasteiger partial charge in [0.05, 0.1) is 12.3 Å². The van der Waals surface area contributed by atoms with Crippen molar-refractivity contribution >= 4 is 11.8 Å². The number of hydrogen-bond acceptors (Lipinski definition) is 5. The number of rotatable bonds is 7. The summed E-state index contributed by atoms with van der Waals surface area (Å²) < 4.78 is 7.49. The molecule has 8 heteroatoms. The Bertz CT molecular complexity index is 941. The number of aryl methyl sites for hydroxylation is 2. The van der Waals surface area contributed by atoms with Crippen molar-refractivity contribution in [2.45, 2.75) is 32.6 Å². The fourth-order valence-electron chi connectivity index (χ4n) is 4.62. The van der Waals surface area contributed by atoms with Crippen LogP contribution < -0.4 is 4.74 Å². The first-order valence-corrected chi connectivity index (χ1v) is 12.1. The Hall–Kier alpha value is -2.87. The maximum atomic E-state index is 12.9. The summed E-state index contributed by atoms with van der Waals surface area (Å²) in [4.78, 5) is 31.8. The molecule has 0 unspecified atom stereocenters. The second kappa shape index (κ2) is 10.8. The maximum absolute atomic E-state index is 12.9. The number of piperazine rings is 1. The van der Waals surface area contributed by atoms with Crippen LogP contribution in [0.1, 0.15) is 52.2 Å². The molecule has 0 spiro atoms. The summed E-state index contributed by atoms with van der Waals surface area (Å²) in [6.07, 6.45) is 5.00. The minimum Gasteiger partial charge on any atom is -0.494 e. The van der Waals surface area contributed by atoms with Crippen molar-refractivity contribution in [1.82, 2.24) is 24.5 Å². The van der Waals surface area contributed by atoms with E-state index in [0.717, 1.165) is 24.4 Å². The monoisotopic (exact) mass is 453 g/mol. The SMILES string of the molecule is Cc1cc(C(=O)N2CCN(C(=O)c3ccc(OCCCN4CCCCC4)cc3)CC2)n(C)n1. The van der Waals surface area contributed by atoms with E-state index in [1.54, 1.807) is 22.7 Å². The summed E-state index contributed by atoms with van der Waals surface area (Å²) in [6, 6.07) is 9.21. The van der Waals surface area contributed by atoms with E-state index in [1.165, 1.54) is 32.4 Å². The van der Waals surface area contributed by atoms with Crippen LogP contribution >= 0.6 is 0 Å². The molecule has 2 aliphatic heterocycles. The number of likely N-dealkylation sites (tertiary alicyclic amines) is 1. The van der Waals surface area contributed by atoms with E-state index < -0.39 is 0 Å². The molecule has 178 valence electrons. The average molecular weight is 454 g/mol. The van der Waals surface area contributed by atoms with Crippen molar-refractivity contribution in [1.29, 1.82) is 0 Å². The second-order valence-electron chi connectivity index (χ2n) is 9.01. The van der Waals surface area contributed by atoms with Gasteiger partial charge >= 0.3 is 0 Å². The van der Waals surface area contributed by atoms with E-state index in [1.807, 2.05) is 36.1 Å². The summed E-state index contributed by atoms with van der Waals surface area (Å²) in [5.74, 6) is 0.759. The Labute approximate surface area is 196 Å². The van der Waals surface area contributed by atoms with Gasteiger partial charge in [-0.1, -0.05) is 6.42 Å². The molecule has 0 atom stereocenters. The van der Waals surface area contributed by atoms with Crippen molar-refractivity contribution in [3.8, 4) is 5.75 Å². The van der Waals surface area contributed by atoms with Gasteiger partial charge in [-0.2, -0.15) is 5.10 Å². The number of nitrogens with zero attached hydrogens (tertiary/aromatic N) is 5. The molecule has 2 fully saturated rings. The Balaban J connectivity index is 1.21. The highest BCUT2D eigenvalue weighted by molar-refractivity contribution is 5.95. The predicted octanol–water partition coefficient (Wildman–Crippen LogP) is 2.58. The molecule has 0 aliphatic carbocycles. The number of ether oxygens (including phenoxy) is 1. The van der Waals surface area contributed by atoms with Gasteiger partial charge in [0.25, 0.3) is 11.8 Å². The molecule has 0 N–H and O–H groups in total. The fraction of sp³-hybridized carbons (Fsp3) is 0.560. The molecule has 2 saturated heterocycles. The number of aromatic nitrogens is 2. The summed E-state index contributed by atoms with van der Waals surface area (Å²) in [5, 5.41) is 4.25. The second-order valence-corrected chi connectivity index (χ2v) is 9.01. The van der Waals surface area contributed by atoms with Gasteiger partial charge < -0.3 is 19.4 Å². The van der Waals surface area contributed by atoms with Crippen molar-refractivity contribution in [3.63, 3.8) is 0 Å². The zero-order valence-electron chi connectivity index (χ0n) is 19.8. The van der Waals surface area contributed by atoms with Crippen molar-refractivity contribution in [3.05, 3.63) is 47.3 Å². The van der Waals surface area contributed by atoms with Gasteiger partial charge in [-0.15, -0.1) is 0 Å². The summed E-state index contributed by atoms with van der Waals surface area (Å²) in [5.41, 5.74) is 2.06. The molecule has 2 amide bonds. The highest BCUT2D eigenvalue weighted by atomic mass is 16.5. The third kappa shape index (κ3) is 5.93. The number of carbonyl (C=O) groups excluding carboxylic acids is 2. The molecular weight excluding hydrogens is 418 g/mol. The highest BCUT2D eigenvalue weighted by Crippen LogP contribution is 2.17. The van der Waals surface area contributed by atoms with E-state index in [2.05, 4.69) is 10.00 Å². The topological polar surface area (TPSA) is 70.9 Å². The first kappa shape index (κ1) is 23.3. The molecule has 0 bridgehead atoms. The lowest BCUT2D eigenvalue weighted by Gasteiger charge is -2.34. The molecule has 0 radical (unpaired) electrons. The number of piperidine rings is 1. The van der Waals surface area contributed by atoms with Crippen LogP contribution in [-0.2, 0) is 7.05 Å². The lowest BCUT2D eigenvalue weighted by molar-refractivity contribution is 0.0529. The maximum Gasteiger partial charge on any atom is 0.272 e. The highest BCUT2D eigenvalue weighted by Gasteiger charge is 2.27. The minimum absolute atomic E-state index is 0.00451. The van der Waals surface area contributed by atoms with Crippen LogP contribution in [0.25, 0.3) is 0 Å². The van der Waals surface area contributed by atoms with E-state index in [-0.39, 0.29) is 11.8 Å². The van der Waals surface area contributed by atoms with Crippen LogP contribution in [0, 0.1) is 6.92 Å². The number of amides is 2. The van der Waals surface area contributed by atoms with Crippen LogP contribution in [0.4, 0.5) is 0 Å². The summed E-state index contributed by atoms with van der Waals surface area (Å²) in [6.45, 7) is 8.16. The molecule has 1 aromatic carbocycles. The zero-order chi connectivity index (χ0) is 23.2. The van der Waals surface area contributed by atoms with Gasteiger partial charge in [0, 0.05) is 45.3 Å². The molecule has 8 nitrogen and oxygen atoms in total. The molecule has 33 heavy (non-hydrogen) atoms. The Morgan fingerprint density at radius 3 is 2.15 bits per heavy atom. The lowest BCUT2D eigenvalue weighted by atomic mass is 10.1. The molecule has 0 saturated carbocycles. The van der Waals surface area contributed by atoms with Crippen LogP contribution in [-0.4, -0.2) is 88.7 Å². The molecule has 2 aliphatic rings. The van der Waals surface area contributed by atoms with Crippen LogP contribution in [0.3, 0.4) is 0 Å². The Kier molecular flexibility index (Phi) is 7.65. The van der Waals surface area contributed by atoms with Crippen LogP contribution in [0.2, 0.25) is 0 Å². The van der Waals surface area contributed by atoms with Gasteiger partial charge in [0.1, 0.15) is 11.4 Å². The van der Waals surface area contributed by atoms with Gasteiger partial charge in [0.2, 0.25) is 0 Å². The predicted molar refractivity (Wildman–Crippen MR) is 127 cm³/mol. The lowest BCUT2D eigenvalue weighted by Crippen LogP contribution is -2.50. The van der Waals surface area contributed by atoms with Gasteiger partial charge in [-0.25, -0.2) is 0 Å². The van der Waals surface area contributed by atoms with Gasteiger partial charge in [0.15, 0.2) is 0 Å². The molecule has 3 heterocycles. The smallest absolute Gasteiger partial charge is 0.272 e. The number of hydrogen-bond donors (Lipinski definition) is 0. The number of carbonyl (C=O) groups is 2. The summed E-state index contributed by atoms with van der Waals surface area (Å²) in [7, 11) is 1.78. The standard InChI is InChI=1S/C25H35N5O3/c1-20-19-23(27(2)26-20)25(32)30-16-14-29(15-17-30)24(31)21-7-9-22(10-8-21)33-18-6-13-28-11-4-3-5-12-28/h7-10,19H,3-6,11-18H2,1-2H3. The first-order chi connectivity index (χ1) is 16.0.